The van der Waals surface area contributed by atoms with Crippen molar-refractivity contribution < 1.29 is 23.8 Å². The highest BCUT2D eigenvalue weighted by Crippen LogP contribution is 2.32. The lowest BCUT2D eigenvalue weighted by molar-refractivity contribution is -0.116. The standard InChI is InChI=1S/C19H19NO5/c1-2-23-19(22)14-4-3-5-15(11-14)20-18(21)9-7-13-6-8-16-17(10-13)25-12-24-16/h3-6,8,10-11H,2,7,9,12H2,1H3,(H,20,21). The number of anilines is 1. The van der Waals surface area contributed by atoms with Crippen LogP contribution in [-0.4, -0.2) is 25.3 Å². The van der Waals surface area contributed by atoms with E-state index >= 15 is 0 Å². The molecule has 0 aliphatic carbocycles. The first kappa shape index (κ1) is 16.8. The van der Waals surface area contributed by atoms with E-state index in [-0.39, 0.29) is 12.7 Å². The van der Waals surface area contributed by atoms with Gasteiger partial charge in [-0.1, -0.05) is 12.1 Å². The van der Waals surface area contributed by atoms with Gasteiger partial charge in [-0.05, 0) is 49.2 Å². The number of carbonyl (C=O) groups is 2. The van der Waals surface area contributed by atoms with Gasteiger partial charge in [0.15, 0.2) is 11.5 Å². The third-order valence-electron chi connectivity index (χ3n) is 3.74. The van der Waals surface area contributed by atoms with Crippen molar-refractivity contribution in [3.05, 3.63) is 53.6 Å². The van der Waals surface area contributed by atoms with E-state index in [2.05, 4.69) is 5.32 Å². The number of aryl methyl sites for hydroxylation is 1. The van der Waals surface area contributed by atoms with Gasteiger partial charge in [0.1, 0.15) is 0 Å². The second kappa shape index (κ2) is 7.70. The van der Waals surface area contributed by atoms with Crippen LogP contribution in [-0.2, 0) is 16.0 Å². The van der Waals surface area contributed by atoms with E-state index in [1.165, 1.54) is 0 Å². The summed E-state index contributed by atoms with van der Waals surface area (Å²) in [5.41, 5.74) is 1.98. The predicted molar refractivity (Wildman–Crippen MR) is 91.9 cm³/mol. The normalized spacial score (nSPS) is 11.9. The zero-order valence-corrected chi connectivity index (χ0v) is 13.9. The van der Waals surface area contributed by atoms with Gasteiger partial charge in [0.05, 0.1) is 12.2 Å². The van der Waals surface area contributed by atoms with Gasteiger partial charge in [0.2, 0.25) is 12.7 Å². The summed E-state index contributed by atoms with van der Waals surface area (Å²) < 4.78 is 15.6. The van der Waals surface area contributed by atoms with E-state index < -0.39 is 5.97 Å². The fourth-order valence-electron chi connectivity index (χ4n) is 2.52. The smallest absolute Gasteiger partial charge is 0.338 e. The second-order valence-corrected chi connectivity index (χ2v) is 5.54. The summed E-state index contributed by atoms with van der Waals surface area (Å²) in [6.45, 7) is 2.29. The lowest BCUT2D eigenvalue weighted by Crippen LogP contribution is -2.13. The molecule has 0 aromatic heterocycles. The highest BCUT2D eigenvalue weighted by Gasteiger charge is 2.14. The number of ether oxygens (including phenoxy) is 3. The van der Waals surface area contributed by atoms with Crippen LogP contribution in [0.25, 0.3) is 0 Å². The Hall–Kier alpha value is -3.02. The summed E-state index contributed by atoms with van der Waals surface area (Å²) in [5, 5.41) is 2.80. The van der Waals surface area contributed by atoms with E-state index in [4.69, 9.17) is 14.2 Å². The van der Waals surface area contributed by atoms with Crippen LogP contribution >= 0.6 is 0 Å². The third-order valence-corrected chi connectivity index (χ3v) is 3.74. The molecule has 1 heterocycles. The predicted octanol–water partition coefficient (Wildman–Crippen LogP) is 3.16. The maximum Gasteiger partial charge on any atom is 0.338 e. The Balaban J connectivity index is 1.56. The Labute approximate surface area is 145 Å². The van der Waals surface area contributed by atoms with Crippen molar-refractivity contribution in [1.29, 1.82) is 0 Å². The average molecular weight is 341 g/mol. The van der Waals surface area contributed by atoms with E-state index in [0.29, 0.717) is 36.4 Å². The van der Waals surface area contributed by atoms with Crippen LogP contribution in [0, 0.1) is 0 Å². The van der Waals surface area contributed by atoms with Gasteiger partial charge in [0, 0.05) is 12.1 Å². The zero-order valence-electron chi connectivity index (χ0n) is 13.9. The Morgan fingerprint density at radius 2 is 1.96 bits per heavy atom. The van der Waals surface area contributed by atoms with Crippen molar-refractivity contribution in [3.63, 3.8) is 0 Å². The number of esters is 1. The minimum absolute atomic E-state index is 0.126. The van der Waals surface area contributed by atoms with E-state index in [0.717, 1.165) is 11.3 Å². The first-order valence-corrected chi connectivity index (χ1v) is 8.11. The van der Waals surface area contributed by atoms with E-state index in [1.54, 1.807) is 31.2 Å². The molecule has 0 bridgehead atoms. The van der Waals surface area contributed by atoms with E-state index in [9.17, 15) is 9.59 Å². The first-order chi connectivity index (χ1) is 12.2. The zero-order chi connectivity index (χ0) is 17.6. The number of amides is 1. The molecule has 2 aromatic carbocycles. The lowest BCUT2D eigenvalue weighted by atomic mass is 10.1. The highest BCUT2D eigenvalue weighted by atomic mass is 16.7. The van der Waals surface area contributed by atoms with Crippen LogP contribution in [0.15, 0.2) is 42.5 Å². The molecule has 0 spiro atoms. The van der Waals surface area contributed by atoms with E-state index in [1.807, 2.05) is 18.2 Å². The van der Waals surface area contributed by atoms with Crippen molar-refractivity contribution in [2.45, 2.75) is 19.8 Å². The van der Waals surface area contributed by atoms with Crippen LogP contribution < -0.4 is 14.8 Å². The summed E-state index contributed by atoms with van der Waals surface area (Å²) >= 11 is 0. The van der Waals surface area contributed by atoms with Gasteiger partial charge in [0.25, 0.3) is 0 Å². The molecule has 25 heavy (non-hydrogen) atoms. The molecule has 0 atom stereocenters. The molecule has 6 nitrogen and oxygen atoms in total. The molecule has 0 saturated carbocycles. The van der Waals surface area contributed by atoms with Gasteiger partial charge >= 0.3 is 5.97 Å². The lowest BCUT2D eigenvalue weighted by Gasteiger charge is -2.08. The first-order valence-electron chi connectivity index (χ1n) is 8.11. The molecule has 130 valence electrons. The second-order valence-electron chi connectivity index (χ2n) is 5.54. The summed E-state index contributed by atoms with van der Waals surface area (Å²) in [4.78, 5) is 23.9. The SMILES string of the molecule is CCOC(=O)c1cccc(NC(=O)CCc2ccc3c(c2)OCO3)c1. The maximum atomic E-state index is 12.1. The minimum atomic E-state index is -0.404. The Kier molecular flexibility index (Phi) is 5.18. The van der Waals surface area contributed by atoms with Crippen molar-refractivity contribution in [1.82, 2.24) is 0 Å². The molecule has 0 fully saturated rings. The molecule has 0 unspecified atom stereocenters. The molecule has 2 aromatic rings. The quantitative estimate of drug-likeness (QED) is 0.817. The van der Waals surface area contributed by atoms with Crippen molar-refractivity contribution in [2.24, 2.45) is 0 Å². The van der Waals surface area contributed by atoms with Gasteiger partial charge in [-0.25, -0.2) is 4.79 Å². The van der Waals surface area contributed by atoms with Crippen LogP contribution in [0.5, 0.6) is 11.5 Å². The molecular weight excluding hydrogens is 322 g/mol. The van der Waals surface area contributed by atoms with Crippen molar-refractivity contribution in [2.75, 3.05) is 18.7 Å². The monoisotopic (exact) mass is 341 g/mol. The third kappa shape index (κ3) is 4.29. The molecule has 1 aliphatic heterocycles. The van der Waals surface area contributed by atoms with Crippen LogP contribution in [0.2, 0.25) is 0 Å². The molecular formula is C19H19NO5. The summed E-state index contributed by atoms with van der Waals surface area (Å²) in [6, 6.07) is 12.4. The molecule has 1 aliphatic rings. The topological polar surface area (TPSA) is 73.9 Å². The summed E-state index contributed by atoms with van der Waals surface area (Å²) in [6.07, 6.45) is 0.906. The minimum Gasteiger partial charge on any atom is -0.462 e. The number of rotatable bonds is 6. The number of hydrogen-bond donors (Lipinski definition) is 1. The summed E-state index contributed by atoms with van der Waals surface area (Å²) in [7, 11) is 0. The summed E-state index contributed by atoms with van der Waals surface area (Å²) in [5.74, 6) is 0.904. The van der Waals surface area contributed by atoms with Crippen LogP contribution in [0.1, 0.15) is 29.3 Å². The Morgan fingerprint density at radius 1 is 1.12 bits per heavy atom. The van der Waals surface area contributed by atoms with Gasteiger partial charge < -0.3 is 19.5 Å². The molecule has 3 rings (SSSR count). The number of carbonyl (C=O) groups excluding carboxylic acids is 2. The van der Waals surface area contributed by atoms with Crippen LogP contribution in [0.4, 0.5) is 5.69 Å². The van der Waals surface area contributed by atoms with Crippen molar-refractivity contribution >= 4 is 17.6 Å². The fourth-order valence-corrected chi connectivity index (χ4v) is 2.52. The van der Waals surface area contributed by atoms with Crippen LogP contribution in [0.3, 0.4) is 0 Å². The number of fused-ring (bicyclic) bond motifs is 1. The van der Waals surface area contributed by atoms with Gasteiger partial charge in [-0.3, -0.25) is 4.79 Å². The van der Waals surface area contributed by atoms with Gasteiger partial charge in [-0.15, -0.1) is 0 Å². The average Bonchev–Trinajstić information content (AvgIpc) is 3.08. The van der Waals surface area contributed by atoms with Crippen molar-refractivity contribution in [3.8, 4) is 11.5 Å². The molecule has 0 radical (unpaired) electrons. The largest absolute Gasteiger partial charge is 0.462 e. The number of hydrogen-bond acceptors (Lipinski definition) is 5. The molecule has 1 amide bonds. The number of benzene rings is 2. The Morgan fingerprint density at radius 3 is 2.80 bits per heavy atom. The Bertz CT molecular complexity index is 787. The molecule has 0 saturated heterocycles. The highest BCUT2D eigenvalue weighted by molar-refractivity contribution is 5.94. The maximum absolute atomic E-state index is 12.1. The molecule has 6 heteroatoms. The molecule has 1 N–H and O–H groups in total. The number of nitrogens with one attached hydrogen (secondary N) is 1. The van der Waals surface area contributed by atoms with Gasteiger partial charge in [-0.2, -0.15) is 0 Å². The fraction of sp³-hybridized carbons (Fsp3) is 0.263.